The Hall–Kier alpha value is 0.01000. The largest absolute Gasteiger partial charge is 0.327 e. The number of thioether (sulfide) groups is 1. The van der Waals surface area contributed by atoms with Crippen LogP contribution in [0.15, 0.2) is 33.6 Å². The predicted octanol–water partition coefficient (Wildman–Crippen LogP) is 4.06. The van der Waals surface area contributed by atoms with Crippen LogP contribution in [0.1, 0.15) is 25.7 Å². The fraction of sp³-hybridized carbons (Fsp3) is 0.538. The molecular weight excluding hydrogens is 282 g/mol. The van der Waals surface area contributed by atoms with Crippen molar-refractivity contribution in [3.8, 4) is 0 Å². The van der Waals surface area contributed by atoms with E-state index in [4.69, 9.17) is 5.73 Å². The van der Waals surface area contributed by atoms with E-state index < -0.39 is 0 Å². The molecular formula is C13H18BrNS. The van der Waals surface area contributed by atoms with Gasteiger partial charge in [-0.1, -0.05) is 22.4 Å². The molecule has 0 radical (unpaired) electrons. The second-order valence-electron chi connectivity index (χ2n) is 4.45. The molecule has 1 aliphatic carbocycles. The van der Waals surface area contributed by atoms with E-state index in [1.807, 2.05) is 11.8 Å². The Morgan fingerprint density at radius 3 is 2.62 bits per heavy atom. The van der Waals surface area contributed by atoms with E-state index in [0.717, 1.165) is 10.4 Å². The van der Waals surface area contributed by atoms with Gasteiger partial charge in [-0.2, -0.15) is 0 Å². The first-order valence-corrected chi connectivity index (χ1v) is 7.67. The van der Waals surface area contributed by atoms with Crippen LogP contribution in [0.3, 0.4) is 0 Å². The number of rotatable bonds is 4. The summed E-state index contributed by atoms with van der Waals surface area (Å²) in [7, 11) is 0. The maximum absolute atomic E-state index is 6.06. The zero-order chi connectivity index (χ0) is 11.4. The topological polar surface area (TPSA) is 26.0 Å². The first-order valence-electron chi connectivity index (χ1n) is 5.89. The number of nitrogens with two attached hydrogens (primary N) is 1. The summed E-state index contributed by atoms with van der Waals surface area (Å²) < 4.78 is 1.15. The van der Waals surface area contributed by atoms with Crippen LogP contribution in [-0.4, -0.2) is 11.8 Å². The Kier molecular flexibility index (Phi) is 4.74. The van der Waals surface area contributed by atoms with E-state index in [0.29, 0.717) is 6.04 Å². The summed E-state index contributed by atoms with van der Waals surface area (Å²) >= 11 is 5.39. The molecule has 1 aliphatic rings. The van der Waals surface area contributed by atoms with Crippen molar-refractivity contribution in [2.75, 3.05) is 5.75 Å². The van der Waals surface area contributed by atoms with Gasteiger partial charge in [0.15, 0.2) is 0 Å². The van der Waals surface area contributed by atoms with E-state index in [-0.39, 0.29) is 0 Å². The highest BCUT2D eigenvalue weighted by Crippen LogP contribution is 2.30. The summed E-state index contributed by atoms with van der Waals surface area (Å²) in [5.74, 6) is 1.96. The molecule has 1 fully saturated rings. The van der Waals surface area contributed by atoms with Crippen LogP contribution >= 0.6 is 27.7 Å². The molecule has 2 N–H and O–H groups in total. The Bertz CT molecular complexity index is 325. The number of benzene rings is 1. The summed E-state index contributed by atoms with van der Waals surface area (Å²) in [6.07, 6.45) is 5.16. The van der Waals surface area contributed by atoms with Crippen LogP contribution in [-0.2, 0) is 0 Å². The fourth-order valence-electron chi connectivity index (χ4n) is 2.28. The lowest BCUT2D eigenvalue weighted by atomic mass is 10.0. The second-order valence-corrected chi connectivity index (χ2v) is 6.53. The SMILES string of the molecule is NC1CCCC1CCSc1ccc(Br)cc1. The Balaban J connectivity index is 1.73. The van der Waals surface area contributed by atoms with Crippen molar-refractivity contribution in [2.45, 2.75) is 36.6 Å². The van der Waals surface area contributed by atoms with Crippen molar-refractivity contribution < 1.29 is 0 Å². The van der Waals surface area contributed by atoms with Gasteiger partial charge in [0.05, 0.1) is 0 Å². The molecule has 0 spiro atoms. The third-order valence-corrected chi connectivity index (χ3v) is 4.86. The minimum atomic E-state index is 0.463. The lowest BCUT2D eigenvalue weighted by Crippen LogP contribution is -2.24. The van der Waals surface area contributed by atoms with Gasteiger partial charge in [0.1, 0.15) is 0 Å². The van der Waals surface area contributed by atoms with Gasteiger partial charge < -0.3 is 5.73 Å². The van der Waals surface area contributed by atoms with E-state index in [1.165, 1.54) is 36.3 Å². The maximum atomic E-state index is 6.06. The lowest BCUT2D eigenvalue weighted by molar-refractivity contribution is 0.470. The standard InChI is InChI=1S/C13H18BrNS/c14-11-4-6-12(7-5-11)16-9-8-10-2-1-3-13(10)15/h4-7,10,13H,1-3,8-9,15H2. The van der Waals surface area contributed by atoms with E-state index in [9.17, 15) is 0 Å². The van der Waals surface area contributed by atoms with Gasteiger partial charge in [-0.05, 0) is 55.2 Å². The minimum absolute atomic E-state index is 0.463. The van der Waals surface area contributed by atoms with Gasteiger partial charge in [0, 0.05) is 15.4 Å². The normalized spacial score (nSPS) is 24.9. The molecule has 2 rings (SSSR count). The molecule has 0 aliphatic heterocycles. The van der Waals surface area contributed by atoms with Crippen molar-refractivity contribution >= 4 is 27.7 Å². The average molecular weight is 300 g/mol. The number of hydrogen-bond donors (Lipinski definition) is 1. The molecule has 0 aromatic heterocycles. The summed E-state index contributed by atoms with van der Waals surface area (Å²) in [6.45, 7) is 0. The summed E-state index contributed by atoms with van der Waals surface area (Å²) in [5, 5.41) is 0. The molecule has 0 saturated heterocycles. The van der Waals surface area contributed by atoms with E-state index in [2.05, 4.69) is 40.2 Å². The summed E-state index contributed by atoms with van der Waals surface area (Å²) in [5.41, 5.74) is 6.06. The Morgan fingerprint density at radius 1 is 1.25 bits per heavy atom. The fourth-order valence-corrected chi connectivity index (χ4v) is 3.53. The minimum Gasteiger partial charge on any atom is -0.327 e. The van der Waals surface area contributed by atoms with Crippen LogP contribution in [0.25, 0.3) is 0 Å². The quantitative estimate of drug-likeness (QED) is 0.849. The summed E-state index contributed by atoms with van der Waals surface area (Å²) in [4.78, 5) is 1.36. The molecule has 2 unspecified atom stereocenters. The predicted molar refractivity (Wildman–Crippen MR) is 74.8 cm³/mol. The van der Waals surface area contributed by atoms with Gasteiger partial charge >= 0.3 is 0 Å². The molecule has 1 aromatic rings. The molecule has 88 valence electrons. The second kappa shape index (κ2) is 6.08. The van der Waals surface area contributed by atoms with Crippen LogP contribution in [0.2, 0.25) is 0 Å². The van der Waals surface area contributed by atoms with Crippen LogP contribution in [0.5, 0.6) is 0 Å². The monoisotopic (exact) mass is 299 g/mol. The van der Waals surface area contributed by atoms with E-state index >= 15 is 0 Å². The van der Waals surface area contributed by atoms with Crippen LogP contribution < -0.4 is 5.73 Å². The third kappa shape index (κ3) is 3.51. The molecule has 1 nitrogen and oxygen atoms in total. The molecule has 0 heterocycles. The smallest absolute Gasteiger partial charge is 0.0176 e. The first-order chi connectivity index (χ1) is 7.75. The van der Waals surface area contributed by atoms with Gasteiger partial charge in [-0.25, -0.2) is 0 Å². The van der Waals surface area contributed by atoms with Crippen molar-refractivity contribution in [3.05, 3.63) is 28.7 Å². The lowest BCUT2D eigenvalue weighted by Gasteiger charge is -2.14. The molecule has 3 heteroatoms. The molecule has 0 bridgehead atoms. The first kappa shape index (κ1) is 12.5. The number of hydrogen-bond acceptors (Lipinski definition) is 2. The zero-order valence-electron chi connectivity index (χ0n) is 9.36. The van der Waals surface area contributed by atoms with E-state index in [1.54, 1.807) is 0 Å². The van der Waals surface area contributed by atoms with Crippen LogP contribution in [0.4, 0.5) is 0 Å². The molecule has 1 saturated carbocycles. The van der Waals surface area contributed by atoms with Crippen molar-refractivity contribution in [1.82, 2.24) is 0 Å². The molecule has 2 atom stereocenters. The Labute approximate surface area is 110 Å². The summed E-state index contributed by atoms with van der Waals surface area (Å²) in [6, 6.07) is 9.01. The van der Waals surface area contributed by atoms with Crippen molar-refractivity contribution in [2.24, 2.45) is 11.7 Å². The highest BCUT2D eigenvalue weighted by molar-refractivity contribution is 9.10. The third-order valence-electron chi connectivity index (χ3n) is 3.29. The van der Waals surface area contributed by atoms with Gasteiger partial charge in [-0.15, -0.1) is 11.8 Å². The molecule has 0 amide bonds. The average Bonchev–Trinajstić information content (AvgIpc) is 2.68. The highest BCUT2D eigenvalue weighted by Gasteiger charge is 2.22. The maximum Gasteiger partial charge on any atom is 0.0176 e. The van der Waals surface area contributed by atoms with Crippen molar-refractivity contribution in [1.29, 1.82) is 0 Å². The Morgan fingerprint density at radius 2 is 2.00 bits per heavy atom. The number of halogens is 1. The molecule has 1 aromatic carbocycles. The van der Waals surface area contributed by atoms with Gasteiger partial charge in [0.2, 0.25) is 0 Å². The highest BCUT2D eigenvalue weighted by atomic mass is 79.9. The molecule has 16 heavy (non-hydrogen) atoms. The van der Waals surface area contributed by atoms with Gasteiger partial charge in [0.25, 0.3) is 0 Å². The van der Waals surface area contributed by atoms with Gasteiger partial charge in [-0.3, -0.25) is 0 Å². The van der Waals surface area contributed by atoms with Crippen LogP contribution in [0, 0.1) is 5.92 Å². The van der Waals surface area contributed by atoms with Crippen molar-refractivity contribution in [3.63, 3.8) is 0 Å². The zero-order valence-corrected chi connectivity index (χ0v) is 11.8.